The molecule has 32 heavy (non-hydrogen) atoms. The number of methoxy groups -OCH3 is 1. The number of carboxylic acids is 1. The molecule has 4 aromatic rings. The minimum Gasteiger partial charge on any atom is -0.497 e. The third-order valence-corrected chi connectivity index (χ3v) is 6.28. The van der Waals surface area contributed by atoms with Crippen LogP contribution in [0.15, 0.2) is 59.1 Å². The second-order valence-corrected chi connectivity index (χ2v) is 8.40. The molecule has 0 aliphatic heterocycles. The standard InChI is InChI=1S/C23H20ClN3O4S/c1-14-22(19-13-20(31-26-19)15-3-5-16(24)6-4-15)32-23(25-14)27(12-11-21(28)29)17-7-9-18(30-2)10-8-17/h3-10,13H,11-12H2,1-2H3,(H,28,29). The molecule has 2 aromatic heterocycles. The van der Waals surface area contributed by atoms with Crippen molar-refractivity contribution in [1.82, 2.24) is 10.1 Å². The first-order valence-electron chi connectivity index (χ1n) is 9.78. The van der Waals surface area contributed by atoms with E-state index >= 15 is 0 Å². The highest BCUT2D eigenvalue weighted by Crippen LogP contribution is 2.38. The molecule has 0 aliphatic rings. The van der Waals surface area contributed by atoms with Gasteiger partial charge in [-0.05, 0) is 55.5 Å². The summed E-state index contributed by atoms with van der Waals surface area (Å²) in [7, 11) is 1.60. The highest BCUT2D eigenvalue weighted by atomic mass is 35.5. The van der Waals surface area contributed by atoms with E-state index in [-0.39, 0.29) is 13.0 Å². The van der Waals surface area contributed by atoms with E-state index in [1.54, 1.807) is 19.2 Å². The monoisotopic (exact) mass is 469 g/mol. The lowest BCUT2D eigenvalue weighted by Crippen LogP contribution is -2.20. The number of rotatable bonds is 8. The van der Waals surface area contributed by atoms with Crippen LogP contribution in [0.25, 0.3) is 21.9 Å². The van der Waals surface area contributed by atoms with Gasteiger partial charge in [-0.3, -0.25) is 4.79 Å². The second kappa shape index (κ2) is 9.42. The molecule has 0 unspecified atom stereocenters. The minimum atomic E-state index is -0.874. The van der Waals surface area contributed by atoms with Gasteiger partial charge in [-0.15, -0.1) is 0 Å². The second-order valence-electron chi connectivity index (χ2n) is 6.99. The van der Waals surface area contributed by atoms with Crippen LogP contribution in [-0.4, -0.2) is 34.9 Å². The summed E-state index contributed by atoms with van der Waals surface area (Å²) < 4.78 is 10.8. The average Bonchev–Trinajstić information content (AvgIpc) is 3.41. The molecule has 0 fully saturated rings. The molecule has 0 radical (unpaired) electrons. The Morgan fingerprint density at radius 2 is 1.91 bits per heavy atom. The van der Waals surface area contributed by atoms with Crippen LogP contribution in [0.4, 0.5) is 10.8 Å². The van der Waals surface area contributed by atoms with Gasteiger partial charge in [0.05, 0.1) is 24.1 Å². The van der Waals surface area contributed by atoms with Gasteiger partial charge < -0.3 is 19.3 Å². The molecule has 0 saturated carbocycles. The molecular weight excluding hydrogens is 450 g/mol. The zero-order chi connectivity index (χ0) is 22.7. The number of aryl methyl sites for hydroxylation is 1. The topological polar surface area (TPSA) is 88.7 Å². The Hall–Kier alpha value is -3.36. The number of hydrogen-bond acceptors (Lipinski definition) is 7. The Balaban J connectivity index is 1.66. The van der Waals surface area contributed by atoms with Gasteiger partial charge in [-0.2, -0.15) is 0 Å². The van der Waals surface area contributed by atoms with Crippen molar-refractivity contribution in [2.75, 3.05) is 18.6 Å². The lowest BCUT2D eigenvalue weighted by molar-refractivity contribution is -0.136. The molecule has 4 rings (SSSR count). The lowest BCUT2D eigenvalue weighted by Gasteiger charge is -2.21. The number of aliphatic carboxylic acids is 1. The molecule has 0 saturated heterocycles. The third kappa shape index (κ3) is 4.76. The fourth-order valence-electron chi connectivity index (χ4n) is 3.17. The van der Waals surface area contributed by atoms with E-state index in [1.807, 2.05) is 54.3 Å². The summed E-state index contributed by atoms with van der Waals surface area (Å²) in [6, 6.07) is 16.6. The average molecular weight is 470 g/mol. The maximum atomic E-state index is 11.2. The summed E-state index contributed by atoms with van der Waals surface area (Å²) in [4.78, 5) is 18.7. The number of aromatic nitrogens is 2. The predicted molar refractivity (Wildman–Crippen MR) is 125 cm³/mol. The van der Waals surface area contributed by atoms with Gasteiger partial charge in [0.25, 0.3) is 0 Å². The number of ether oxygens (including phenoxy) is 1. The number of anilines is 2. The summed E-state index contributed by atoms with van der Waals surface area (Å²) in [5, 5.41) is 14.8. The van der Waals surface area contributed by atoms with E-state index in [1.165, 1.54) is 11.3 Å². The first kappa shape index (κ1) is 21.9. The van der Waals surface area contributed by atoms with Crippen LogP contribution in [0, 0.1) is 6.92 Å². The van der Waals surface area contributed by atoms with Gasteiger partial charge in [-0.25, -0.2) is 4.98 Å². The molecule has 1 N–H and O–H groups in total. The van der Waals surface area contributed by atoms with E-state index in [9.17, 15) is 9.90 Å². The van der Waals surface area contributed by atoms with Crippen molar-refractivity contribution in [1.29, 1.82) is 0 Å². The highest BCUT2D eigenvalue weighted by Gasteiger charge is 2.20. The Bertz CT molecular complexity index is 1220. The molecule has 0 atom stereocenters. The van der Waals surface area contributed by atoms with Crippen molar-refractivity contribution in [3.05, 3.63) is 65.3 Å². The van der Waals surface area contributed by atoms with Crippen molar-refractivity contribution in [3.63, 3.8) is 0 Å². The number of carboxylic acid groups (broad SMARTS) is 1. The van der Waals surface area contributed by atoms with Gasteiger partial charge in [-0.1, -0.05) is 28.1 Å². The van der Waals surface area contributed by atoms with Gasteiger partial charge >= 0.3 is 5.97 Å². The summed E-state index contributed by atoms with van der Waals surface area (Å²) >= 11 is 7.40. The molecule has 0 spiro atoms. The third-order valence-electron chi connectivity index (χ3n) is 4.82. The van der Waals surface area contributed by atoms with E-state index in [0.29, 0.717) is 21.6 Å². The summed E-state index contributed by atoms with van der Waals surface area (Å²) in [6.45, 7) is 2.18. The fraction of sp³-hybridized carbons (Fsp3) is 0.174. The molecule has 9 heteroatoms. The molecule has 0 aliphatic carbocycles. The first-order chi connectivity index (χ1) is 15.4. The van der Waals surface area contributed by atoms with Crippen LogP contribution >= 0.6 is 22.9 Å². The zero-order valence-corrected chi connectivity index (χ0v) is 19.0. The van der Waals surface area contributed by atoms with Gasteiger partial charge in [0.1, 0.15) is 11.4 Å². The number of halogens is 1. The van der Waals surface area contributed by atoms with Gasteiger partial charge in [0.2, 0.25) is 0 Å². The van der Waals surface area contributed by atoms with Crippen LogP contribution in [-0.2, 0) is 4.79 Å². The normalized spacial score (nSPS) is 10.8. The first-order valence-corrected chi connectivity index (χ1v) is 11.0. The molecule has 7 nitrogen and oxygen atoms in total. The zero-order valence-electron chi connectivity index (χ0n) is 17.4. The number of hydrogen-bond donors (Lipinski definition) is 1. The Labute approximate surface area is 193 Å². The maximum Gasteiger partial charge on any atom is 0.305 e. The van der Waals surface area contributed by atoms with Crippen molar-refractivity contribution in [3.8, 4) is 27.6 Å². The summed E-state index contributed by atoms with van der Waals surface area (Å²) in [5.41, 5.74) is 3.16. The number of benzene rings is 2. The van der Waals surface area contributed by atoms with Crippen LogP contribution in [0.2, 0.25) is 5.02 Å². The Morgan fingerprint density at radius 3 is 2.56 bits per heavy atom. The van der Waals surface area contributed by atoms with Crippen molar-refractivity contribution in [2.45, 2.75) is 13.3 Å². The minimum absolute atomic E-state index is 0.0231. The van der Waals surface area contributed by atoms with Gasteiger partial charge in [0, 0.05) is 28.9 Å². The molecule has 0 bridgehead atoms. The van der Waals surface area contributed by atoms with Crippen molar-refractivity contribution >= 4 is 39.7 Å². The molecule has 164 valence electrons. The van der Waals surface area contributed by atoms with Crippen LogP contribution in [0.5, 0.6) is 5.75 Å². The fourth-order valence-corrected chi connectivity index (χ4v) is 4.36. The Kier molecular flexibility index (Phi) is 6.43. The quantitative estimate of drug-likeness (QED) is 0.336. The van der Waals surface area contributed by atoms with Crippen molar-refractivity contribution < 1.29 is 19.2 Å². The lowest BCUT2D eigenvalue weighted by atomic mass is 10.1. The summed E-state index contributed by atoms with van der Waals surface area (Å²) in [5.74, 6) is 0.477. The SMILES string of the molecule is COc1ccc(N(CCC(=O)O)c2nc(C)c(-c3cc(-c4ccc(Cl)cc4)on3)s2)cc1. The Morgan fingerprint density at radius 1 is 1.19 bits per heavy atom. The summed E-state index contributed by atoms with van der Waals surface area (Å²) in [6.07, 6.45) is -0.0231. The van der Waals surface area contributed by atoms with Crippen molar-refractivity contribution in [2.24, 2.45) is 0 Å². The molecule has 2 heterocycles. The smallest absolute Gasteiger partial charge is 0.305 e. The van der Waals surface area contributed by atoms with Gasteiger partial charge in [0.15, 0.2) is 10.9 Å². The molecule has 0 amide bonds. The highest BCUT2D eigenvalue weighted by molar-refractivity contribution is 7.19. The number of carbonyl (C=O) groups is 1. The number of thiazole rings is 1. The largest absolute Gasteiger partial charge is 0.497 e. The molecular formula is C23H20ClN3O4S. The van der Waals surface area contributed by atoms with E-state index in [4.69, 9.17) is 25.8 Å². The van der Waals surface area contributed by atoms with E-state index in [2.05, 4.69) is 5.16 Å². The van der Waals surface area contributed by atoms with E-state index < -0.39 is 5.97 Å². The van der Waals surface area contributed by atoms with Crippen LogP contribution < -0.4 is 9.64 Å². The maximum absolute atomic E-state index is 11.2. The number of nitrogens with zero attached hydrogens (tertiary/aromatic N) is 3. The molecule has 2 aromatic carbocycles. The van der Waals surface area contributed by atoms with Crippen LogP contribution in [0.1, 0.15) is 12.1 Å². The van der Waals surface area contributed by atoms with Crippen LogP contribution in [0.3, 0.4) is 0 Å². The predicted octanol–water partition coefficient (Wildman–Crippen LogP) is 6.05. The van der Waals surface area contributed by atoms with E-state index in [0.717, 1.165) is 27.6 Å².